The van der Waals surface area contributed by atoms with Gasteiger partial charge in [-0.25, -0.2) is 4.98 Å². The molecule has 4 fully saturated rings. The van der Waals surface area contributed by atoms with E-state index in [4.69, 9.17) is 4.98 Å². The first-order chi connectivity index (χ1) is 16.4. The van der Waals surface area contributed by atoms with E-state index in [0.29, 0.717) is 17.6 Å². The fraction of sp³-hybridized carbons (Fsp3) is 0.500. The van der Waals surface area contributed by atoms with Gasteiger partial charge < -0.3 is 24.6 Å². The third-order valence-corrected chi connectivity index (χ3v) is 8.39. The summed E-state index contributed by atoms with van der Waals surface area (Å²) in [6.45, 7) is 6.58. The Bertz CT molecular complexity index is 1230. The number of nitrogens with zero attached hydrogens (tertiary/aromatic N) is 6. The molecule has 1 aliphatic heterocycles. The number of benzene rings is 1. The summed E-state index contributed by atoms with van der Waals surface area (Å²) in [7, 11) is 5.78. The number of aromatic nitrogens is 3. The predicted molar refractivity (Wildman–Crippen MR) is 135 cm³/mol. The first-order valence-electron chi connectivity index (χ1n) is 12.3. The molecule has 0 unspecified atom stereocenters. The maximum absolute atomic E-state index is 13.0. The van der Waals surface area contributed by atoms with E-state index < -0.39 is 0 Å². The average molecular weight is 460 g/mol. The van der Waals surface area contributed by atoms with Crippen molar-refractivity contribution >= 4 is 34.3 Å². The molecule has 3 saturated carbocycles. The number of hydrogen-bond acceptors (Lipinski definition) is 6. The highest BCUT2D eigenvalue weighted by atomic mass is 16.2. The third-order valence-electron chi connectivity index (χ3n) is 8.39. The topological polar surface area (TPSA) is 69.5 Å². The van der Waals surface area contributed by atoms with Gasteiger partial charge in [0.25, 0.3) is 5.91 Å². The highest BCUT2D eigenvalue weighted by Crippen LogP contribution is 2.67. The molecule has 0 spiro atoms. The molecule has 1 amide bonds. The number of amides is 1. The van der Waals surface area contributed by atoms with E-state index in [9.17, 15) is 4.79 Å². The van der Waals surface area contributed by atoms with Gasteiger partial charge in [0.05, 0.1) is 5.54 Å². The molecule has 8 nitrogen and oxygen atoms in total. The first kappa shape index (κ1) is 21.4. The zero-order valence-electron chi connectivity index (χ0n) is 20.5. The minimum Gasteiger partial charge on any atom is -0.369 e. The van der Waals surface area contributed by atoms with Gasteiger partial charge in [0, 0.05) is 63.2 Å². The molecule has 0 radical (unpaired) electrons. The van der Waals surface area contributed by atoms with Crippen molar-refractivity contribution in [3.8, 4) is 0 Å². The Morgan fingerprint density at radius 2 is 1.82 bits per heavy atom. The van der Waals surface area contributed by atoms with Gasteiger partial charge in [0.2, 0.25) is 5.95 Å². The minimum absolute atomic E-state index is 0.0171. The van der Waals surface area contributed by atoms with Gasteiger partial charge >= 0.3 is 0 Å². The second kappa shape index (κ2) is 7.70. The molecular formula is C26H33N7O. The molecule has 178 valence electrons. The van der Waals surface area contributed by atoms with Gasteiger partial charge in [-0.3, -0.25) is 4.79 Å². The van der Waals surface area contributed by atoms with Crippen LogP contribution in [0.15, 0.2) is 36.5 Å². The van der Waals surface area contributed by atoms with E-state index in [1.165, 1.54) is 5.69 Å². The summed E-state index contributed by atoms with van der Waals surface area (Å²) in [6.07, 6.45) is 4.10. The van der Waals surface area contributed by atoms with Crippen molar-refractivity contribution in [2.45, 2.75) is 25.3 Å². The summed E-state index contributed by atoms with van der Waals surface area (Å²) < 4.78 is 2.22. The van der Waals surface area contributed by atoms with Crippen LogP contribution in [0.4, 0.5) is 17.3 Å². The summed E-state index contributed by atoms with van der Waals surface area (Å²) in [5, 5.41) is 4.29. The zero-order chi connectivity index (χ0) is 23.6. The number of hydrogen-bond donors (Lipinski definition) is 1. The van der Waals surface area contributed by atoms with Crippen LogP contribution in [0.5, 0.6) is 0 Å². The van der Waals surface area contributed by atoms with Crippen molar-refractivity contribution in [2.24, 2.45) is 11.8 Å². The number of rotatable bonds is 5. The highest BCUT2D eigenvalue weighted by Gasteiger charge is 2.65. The third kappa shape index (κ3) is 3.19. The lowest BCUT2D eigenvalue weighted by Gasteiger charge is -2.68. The summed E-state index contributed by atoms with van der Waals surface area (Å²) in [5.41, 5.74) is 3.78. The van der Waals surface area contributed by atoms with Gasteiger partial charge in [-0.15, -0.1) is 0 Å². The number of carbonyl (C=O) groups is 1. The van der Waals surface area contributed by atoms with Crippen LogP contribution >= 0.6 is 0 Å². The Morgan fingerprint density at radius 1 is 1.12 bits per heavy atom. The molecule has 2 bridgehead atoms. The second-order valence-electron chi connectivity index (χ2n) is 10.6. The van der Waals surface area contributed by atoms with Gasteiger partial charge in [-0.2, -0.15) is 4.98 Å². The van der Waals surface area contributed by atoms with E-state index >= 15 is 0 Å². The first-order valence-corrected chi connectivity index (χ1v) is 12.3. The van der Waals surface area contributed by atoms with Crippen LogP contribution < -0.4 is 10.2 Å². The van der Waals surface area contributed by atoms with Crippen molar-refractivity contribution in [3.05, 3.63) is 42.2 Å². The van der Waals surface area contributed by atoms with Crippen molar-refractivity contribution < 1.29 is 4.79 Å². The highest BCUT2D eigenvalue weighted by molar-refractivity contribution is 5.98. The summed E-state index contributed by atoms with van der Waals surface area (Å²) in [4.78, 5) is 28.9. The number of likely N-dealkylation sites (N-methyl/N-ethyl adjacent to an activating group) is 1. The lowest BCUT2D eigenvalue weighted by atomic mass is 9.42. The summed E-state index contributed by atoms with van der Waals surface area (Å²) in [6, 6.07) is 10.5. The van der Waals surface area contributed by atoms with E-state index in [1.54, 1.807) is 19.0 Å². The molecule has 1 N–H and O–H groups in total. The van der Waals surface area contributed by atoms with Crippen LogP contribution in [-0.4, -0.2) is 77.6 Å². The number of carbonyl (C=O) groups excluding carboxylic acids is 1. The molecule has 1 atom stereocenters. The average Bonchev–Trinajstić information content (AvgIpc) is 3.17. The Kier molecular flexibility index (Phi) is 4.85. The van der Waals surface area contributed by atoms with E-state index in [0.717, 1.165) is 61.7 Å². The quantitative estimate of drug-likeness (QED) is 0.631. The van der Waals surface area contributed by atoms with Crippen LogP contribution in [0.25, 0.3) is 11.0 Å². The lowest BCUT2D eigenvalue weighted by Crippen LogP contribution is -2.67. The number of fused-ring (bicyclic) bond motifs is 1. The van der Waals surface area contributed by atoms with E-state index in [1.807, 2.05) is 12.3 Å². The fourth-order valence-corrected chi connectivity index (χ4v) is 5.91. The largest absolute Gasteiger partial charge is 0.369 e. The molecule has 4 aliphatic rings. The van der Waals surface area contributed by atoms with Crippen molar-refractivity contribution in [2.75, 3.05) is 57.5 Å². The van der Waals surface area contributed by atoms with Gasteiger partial charge in [0.15, 0.2) is 0 Å². The van der Waals surface area contributed by atoms with Crippen molar-refractivity contribution in [1.29, 1.82) is 0 Å². The lowest BCUT2D eigenvalue weighted by molar-refractivity contribution is -0.160. The number of anilines is 3. The van der Waals surface area contributed by atoms with E-state index in [2.05, 4.69) is 62.9 Å². The summed E-state index contributed by atoms with van der Waals surface area (Å²) in [5.74, 6) is 1.93. The standard InChI is InChI=1S/C26H33N7O/c1-17-19-14-26(17,15-19)33-22(24(34)30(2)3)13-18-16-27-25(29-23(18)33)28-20-5-7-21(8-6-20)32-11-9-31(4)10-12-32/h5-8,13,16-17,19H,9-12,14-15H2,1-4H3,(H,27,28,29)/t17-,19?,26?/m1/s1. The molecule has 7 rings (SSSR count). The zero-order valence-corrected chi connectivity index (χ0v) is 20.5. The molecule has 1 aromatic carbocycles. The van der Waals surface area contributed by atoms with Crippen LogP contribution in [-0.2, 0) is 5.54 Å². The molecule has 3 heterocycles. The maximum atomic E-state index is 13.0. The monoisotopic (exact) mass is 459 g/mol. The Morgan fingerprint density at radius 3 is 2.41 bits per heavy atom. The van der Waals surface area contributed by atoms with Crippen molar-refractivity contribution in [3.63, 3.8) is 0 Å². The molecule has 1 saturated heterocycles. The van der Waals surface area contributed by atoms with Gasteiger partial charge in [0.1, 0.15) is 11.3 Å². The van der Waals surface area contributed by atoms with Gasteiger partial charge in [-0.1, -0.05) is 6.92 Å². The number of nitrogens with one attached hydrogen (secondary N) is 1. The summed E-state index contributed by atoms with van der Waals surface area (Å²) >= 11 is 0. The smallest absolute Gasteiger partial charge is 0.270 e. The SMILES string of the molecule is C[C@@H]1C2CC1(n1c(C(=O)N(C)C)cc3cnc(Nc4ccc(N5CCN(C)CC5)cc4)nc31)C2. The minimum atomic E-state index is 0.0171. The molecule has 3 aliphatic carbocycles. The molecule has 34 heavy (non-hydrogen) atoms. The maximum Gasteiger partial charge on any atom is 0.270 e. The normalized spacial score (nSPS) is 26.2. The van der Waals surface area contributed by atoms with E-state index in [-0.39, 0.29) is 11.4 Å². The predicted octanol–water partition coefficient (Wildman–Crippen LogP) is 3.38. The van der Waals surface area contributed by atoms with Crippen LogP contribution in [0.1, 0.15) is 30.3 Å². The Labute approximate surface area is 200 Å². The number of piperazine rings is 1. The van der Waals surface area contributed by atoms with Crippen LogP contribution in [0, 0.1) is 11.8 Å². The molecule has 8 heteroatoms. The fourth-order valence-electron chi connectivity index (χ4n) is 5.91. The van der Waals surface area contributed by atoms with Gasteiger partial charge in [-0.05, 0) is 62.1 Å². The van der Waals surface area contributed by atoms with Crippen LogP contribution in [0.3, 0.4) is 0 Å². The molecule has 3 aromatic rings. The second-order valence-corrected chi connectivity index (χ2v) is 10.6. The molecular weight excluding hydrogens is 426 g/mol. The Balaban J connectivity index is 1.30. The molecule has 2 aromatic heterocycles. The van der Waals surface area contributed by atoms with Crippen LogP contribution in [0.2, 0.25) is 0 Å². The Hall–Kier alpha value is -3.13. The van der Waals surface area contributed by atoms with Crippen molar-refractivity contribution in [1.82, 2.24) is 24.3 Å².